The van der Waals surface area contributed by atoms with Gasteiger partial charge in [0.2, 0.25) is 5.91 Å². The molecule has 1 amide bonds. The fraction of sp³-hybridized carbons (Fsp3) is 0.167. The summed E-state index contributed by atoms with van der Waals surface area (Å²) >= 11 is 1.17. The number of methoxy groups -OCH3 is 1. The molecule has 1 aromatic heterocycles. The van der Waals surface area contributed by atoms with Crippen LogP contribution in [0.15, 0.2) is 78.0 Å². The zero-order chi connectivity index (χ0) is 23.4. The highest BCUT2D eigenvalue weighted by molar-refractivity contribution is 7.99. The Kier molecular flexibility index (Phi) is 6.60. The predicted molar refractivity (Wildman–Crippen MR) is 123 cm³/mol. The van der Waals surface area contributed by atoms with E-state index in [4.69, 9.17) is 4.74 Å². The van der Waals surface area contributed by atoms with Gasteiger partial charge in [0, 0.05) is 0 Å². The lowest BCUT2D eigenvalue weighted by atomic mass is 10.1. The predicted octanol–water partition coefficient (Wildman–Crippen LogP) is 5.84. The molecule has 0 saturated heterocycles. The number of carbonyl (C=O) groups is 1. The largest absolute Gasteiger partial charge is 0.497 e. The monoisotopic (exact) mass is 471 g/mol. The average Bonchev–Trinajstić information content (AvgIpc) is 3.15. The van der Waals surface area contributed by atoms with Gasteiger partial charge in [-0.25, -0.2) is 4.98 Å². The van der Waals surface area contributed by atoms with E-state index in [0.29, 0.717) is 11.7 Å². The van der Waals surface area contributed by atoms with E-state index in [1.54, 1.807) is 7.11 Å². The molecule has 0 aliphatic heterocycles. The fourth-order valence-electron chi connectivity index (χ4n) is 3.39. The molecule has 1 heterocycles. The second kappa shape index (κ2) is 9.58. The maximum atomic E-state index is 13.2. The Morgan fingerprint density at radius 3 is 2.45 bits per heavy atom. The van der Waals surface area contributed by atoms with Crippen LogP contribution in [-0.2, 0) is 17.5 Å². The van der Waals surface area contributed by atoms with Crippen molar-refractivity contribution in [3.63, 3.8) is 0 Å². The van der Waals surface area contributed by atoms with Crippen LogP contribution in [0.4, 0.5) is 18.9 Å². The summed E-state index contributed by atoms with van der Waals surface area (Å²) in [5.74, 6) is 0.123. The molecule has 9 heteroatoms. The smallest absolute Gasteiger partial charge is 0.418 e. The van der Waals surface area contributed by atoms with Gasteiger partial charge in [-0.1, -0.05) is 48.2 Å². The highest BCUT2D eigenvalue weighted by atomic mass is 32.2. The minimum Gasteiger partial charge on any atom is -0.497 e. The van der Waals surface area contributed by atoms with E-state index >= 15 is 0 Å². The highest BCUT2D eigenvalue weighted by Gasteiger charge is 2.33. The van der Waals surface area contributed by atoms with E-state index in [9.17, 15) is 18.0 Å². The lowest BCUT2D eigenvalue weighted by Gasteiger charge is -2.13. The van der Waals surface area contributed by atoms with Crippen LogP contribution in [-0.4, -0.2) is 28.3 Å². The van der Waals surface area contributed by atoms with E-state index in [0.717, 1.165) is 28.4 Å². The van der Waals surface area contributed by atoms with Crippen molar-refractivity contribution in [1.82, 2.24) is 9.55 Å². The fourth-order valence-corrected chi connectivity index (χ4v) is 4.20. The number of hydrogen-bond acceptors (Lipinski definition) is 4. The van der Waals surface area contributed by atoms with Crippen molar-refractivity contribution in [3.8, 4) is 5.75 Å². The Hall–Kier alpha value is -3.46. The van der Waals surface area contributed by atoms with E-state index in [1.165, 1.54) is 30.0 Å². The minimum absolute atomic E-state index is 0.0852. The molecule has 33 heavy (non-hydrogen) atoms. The molecule has 0 spiro atoms. The molecule has 0 aliphatic carbocycles. The number of fused-ring (bicyclic) bond motifs is 1. The summed E-state index contributed by atoms with van der Waals surface area (Å²) in [6.07, 6.45) is -4.55. The highest BCUT2D eigenvalue weighted by Crippen LogP contribution is 2.34. The van der Waals surface area contributed by atoms with Crippen molar-refractivity contribution in [1.29, 1.82) is 0 Å². The Bertz CT molecular complexity index is 1270. The third kappa shape index (κ3) is 5.31. The van der Waals surface area contributed by atoms with Crippen LogP contribution in [0.25, 0.3) is 11.0 Å². The topological polar surface area (TPSA) is 56.1 Å². The summed E-state index contributed by atoms with van der Waals surface area (Å²) in [4.78, 5) is 17.1. The van der Waals surface area contributed by atoms with Gasteiger partial charge in [-0.2, -0.15) is 13.2 Å². The number of halogens is 3. The Morgan fingerprint density at radius 2 is 1.73 bits per heavy atom. The number of amides is 1. The number of aromatic nitrogens is 2. The lowest BCUT2D eigenvalue weighted by Crippen LogP contribution is -2.18. The van der Waals surface area contributed by atoms with Gasteiger partial charge >= 0.3 is 6.18 Å². The van der Waals surface area contributed by atoms with Gasteiger partial charge in [0.15, 0.2) is 5.16 Å². The first-order chi connectivity index (χ1) is 15.8. The molecule has 0 fully saturated rings. The zero-order valence-corrected chi connectivity index (χ0v) is 18.4. The Labute approximate surface area is 192 Å². The van der Waals surface area contributed by atoms with Gasteiger partial charge in [-0.15, -0.1) is 0 Å². The number of imidazole rings is 1. The molecule has 170 valence electrons. The maximum absolute atomic E-state index is 13.2. The molecule has 3 aromatic carbocycles. The number of carbonyl (C=O) groups excluding carboxylic acids is 1. The van der Waals surface area contributed by atoms with E-state index in [-0.39, 0.29) is 11.4 Å². The van der Waals surface area contributed by atoms with Crippen LogP contribution in [0.2, 0.25) is 0 Å². The quantitative estimate of drug-likeness (QED) is 0.344. The van der Waals surface area contributed by atoms with Gasteiger partial charge in [-0.3, -0.25) is 4.79 Å². The first-order valence-corrected chi connectivity index (χ1v) is 11.0. The van der Waals surface area contributed by atoms with Crippen LogP contribution in [0.1, 0.15) is 11.1 Å². The molecule has 0 atom stereocenters. The standard InChI is InChI=1S/C24H20F3N3O2S/c1-32-17-12-10-16(11-13-17)14-30-21-9-5-4-8-20(21)29-23(30)33-15-22(31)28-19-7-3-2-6-18(19)24(25,26)27/h2-13H,14-15H2,1H3,(H,28,31). The summed E-state index contributed by atoms with van der Waals surface area (Å²) in [6.45, 7) is 0.519. The molecule has 4 aromatic rings. The van der Waals surface area contributed by atoms with Gasteiger partial charge < -0.3 is 14.6 Å². The molecule has 0 aliphatic rings. The second-order valence-electron chi connectivity index (χ2n) is 7.20. The summed E-state index contributed by atoms with van der Waals surface area (Å²) in [6, 6.07) is 20.2. The van der Waals surface area contributed by atoms with Crippen molar-refractivity contribution in [3.05, 3.63) is 83.9 Å². The number of anilines is 1. The average molecular weight is 472 g/mol. The second-order valence-corrected chi connectivity index (χ2v) is 8.14. The molecule has 0 unspecified atom stereocenters. The molecule has 1 N–H and O–H groups in total. The molecular formula is C24H20F3N3O2S. The van der Waals surface area contributed by atoms with Crippen LogP contribution >= 0.6 is 11.8 Å². The summed E-state index contributed by atoms with van der Waals surface area (Å²) in [7, 11) is 1.60. The Morgan fingerprint density at radius 1 is 1.03 bits per heavy atom. The first-order valence-electron chi connectivity index (χ1n) is 10.0. The number of alkyl halides is 3. The number of hydrogen-bond donors (Lipinski definition) is 1. The van der Waals surface area contributed by atoms with E-state index < -0.39 is 17.6 Å². The maximum Gasteiger partial charge on any atom is 0.418 e. The van der Waals surface area contributed by atoms with Crippen LogP contribution < -0.4 is 10.1 Å². The molecule has 0 bridgehead atoms. The molecule has 0 radical (unpaired) electrons. The van der Waals surface area contributed by atoms with Crippen molar-refractivity contribution in [2.75, 3.05) is 18.2 Å². The van der Waals surface area contributed by atoms with Crippen LogP contribution in [0.5, 0.6) is 5.75 Å². The summed E-state index contributed by atoms with van der Waals surface area (Å²) in [5.41, 5.74) is 1.55. The van der Waals surface area contributed by atoms with E-state index in [2.05, 4.69) is 10.3 Å². The number of ether oxygens (including phenoxy) is 1. The van der Waals surface area contributed by atoms with Crippen LogP contribution in [0.3, 0.4) is 0 Å². The van der Waals surface area contributed by atoms with Gasteiger partial charge in [-0.05, 0) is 42.0 Å². The molecule has 5 nitrogen and oxygen atoms in total. The van der Waals surface area contributed by atoms with Gasteiger partial charge in [0.25, 0.3) is 0 Å². The Balaban J connectivity index is 1.53. The number of nitrogens with one attached hydrogen (secondary N) is 1. The minimum atomic E-state index is -4.55. The third-order valence-electron chi connectivity index (χ3n) is 4.96. The summed E-state index contributed by atoms with van der Waals surface area (Å²) < 4.78 is 46.8. The van der Waals surface area contributed by atoms with Crippen molar-refractivity contribution in [2.24, 2.45) is 0 Å². The van der Waals surface area contributed by atoms with Crippen molar-refractivity contribution in [2.45, 2.75) is 17.9 Å². The number of benzene rings is 3. The van der Waals surface area contributed by atoms with Crippen molar-refractivity contribution >= 4 is 34.4 Å². The number of para-hydroxylation sites is 3. The van der Waals surface area contributed by atoms with Gasteiger partial charge in [0.1, 0.15) is 5.75 Å². The SMILES string of the molecule is COc1ccc(Cn2c(SCC(=O)Nc3ccccc3C(F)(F)F)nc3ccccc32)cc1. The van der Waals surface area contributed by atoms with E-state index in [1.807, 2.05) is 53.1 Å². The molecule has 4 rings (SSSR count). The number of nitrogens with zero attached hydrogens (tertiary/aromatic N) is 2. The third-order valence-corrected chi connectivity index (χ3v) is 5.93. The zero-order valence-electron chi connectivity index (χ0n) is 17.6. The van der Waals surface area contributed by atoms with Crippen LogP contribution in [0, 0.1) is 0 Å². The molecule has 0 saturated carbocycles. The molecular weight excluding hydrogens is 451 g/mol. The first kappa shape index (κ1) is 22.7. The lowest BCUT2D eigenvalue weighted by molar-refractivity contribution is -0.137. The number of thioether (sulfide) groups is 1. The normalized spacial score (nSPS) is 11.5. The summed E-state index contributed by atoms with van der Waals surface area (Å²) in [5, 5.41) is 2.98. The van der Waals surface area contributed by atoms with Gasteiger partial charge in [0.05, 0.1) is 41.7 Å². The van der Waals surface area contributed by atoms with Crippen molar-refractivity contribution < 1.29 is 22.7 Å². The number of rotatable bonds is 7.